The Bertz CT molecular complexity index is 398. The third-order valence-electron chi connectivity index (χ3n) is 2.87. The van der Waals surface area contributed by atoms with E-state index in [1.165, 1.54) is 0 Å². The van der Waals surface area contributed by atoms with E-state index in [9.17, 15) is 4.79 Å². The molecule has 0 aromatic carbocycles. The molecule has 0 saturated heterocycles. The van der Waals surface area contributed by atoms with Crippen molar-refractivity contribution in [1.82, 2.24) is 4.98 Å². The lowest BCUT2D eigenvalue weighted by Gasteiger charge is -2.27. The molecule has 1 N–H and O–H groups in total. The highest BCUT2D eigenvalue weighted by molar-refractivity contribution is 5.96. The lowest BCUT2D eigenvalue weighted by molar-refractivity contribution is -0.139. The van der Waals surface area contributed by atoms with Crippen LogP contribution in [0.5, 0.6) is 5.88 Å². The van der Waals surface area contributed by atoms with Gasteiger partial charge in [-0.1, -0.05) is 13.3 Å². The first-order chi connectivity index (χ1) is 9.05. The minimum absolute atomic E-state index is 0.150. The Morgan fingerprint density at radius 3 is 2.63 bits per heavy atom. The molecule has 5 nitrogen and oxygen atoms in total. The summed E-state index contributed by atoms with van der Waals surface area (Å²) in [6.07, 6.45) is 3.12. The second-order valence-corrected chi connectivity index (χ2v) is 4.46. The third-order valence-corrected chi connectivity index (χ3v) is 2.87. The van der Waals surface area contributed by atoms with Crippen LogP contribution < -0.4 is 10.1 Å². The monoisotopic (exact) mass is 266 g/mol. The maximum Gasteiger partial charge on any atom is 0.256 e. The number of rotatable bonds is 7. The normalized spacial score (nSPS) is 13.7. The van der Waals surface area contributed by atoms with Gasteiger partial charge >= 0.3 is 0 Å². The molecule has 1 heterocycles. The lowest BCUT2D eigenvalue weighted by atomic mass is 9.99. The van der Waals surface area contributed by atoms with E-state index >= 15 is 0 Å². The first-order valence-corrected chi connectivity index (χ1v) is 6.51. The van der Waals surface area contributed by atoms with Gasteiger partial charge in [0.15, 0.2) is 0 Å². The summed E-state index contributed by atoms with van der Waals surface area (Å²) in [5, 5.41) is 2.82. The van der Waals surface area contributed by atoms with Crippen LogP contribution in [0.25, 0.3) is 0 Å². The summed E-state index contributed by atoms with van der Waals surface area (Å²) in [5.41, 5.74) is -0.170. The Morgan fingerprint density at radius 2 is 2.16 bits per heavy atom. The summed E-state index contributed by atoms with van der Waals surface area (Å²) in [7, 11) is 1.55. The summed E-state index contributed by atoms with van der Waals surface area (Å²) in [6, 6.07) is 3.45. The van der Waals surface area contributed by atoms with E-state index in [1.54, 1.807) is 25.4 Å². The molecule has 1 aromatic rings. The van der Waals surface area contributed by atoms with Crippen LogP contribution in [0.15, 0.2) is 18.3 Å². The molecule has 5 heteroatoms. The molecule has 0 saturated carbocycles. The van der Waals surface area contributed by atoms with Crippen LogP contribution in [-0.4, -0.2) is 30.2 Å². The topological polar surface area (TPSA) is 60.5 Å². The fourth-order valence-electron chi connectivity index (χ4n) is 1.89. The largest absolute Gasteiger partial charge is 0.481 e. The summed E-state index contributed by atoms with van der Waals surface area (Å²) in [6.45, 7) is 6.23. The van der Waals surface area contributed by atoms with E-state index in [0.717, 1.165) is 6.42 Å². The van der Waals surface area contributed by atoms with Crippen LogP contribution in [0, 0.1) is 0 Å². The highest BCUT2D eigenvalue weighted by Crippen LogP contribution is 2.21. The van der Waals surface area contributed by atoms with Crippen molar-refractivity contribution in [3.8, 4) is 5.88 Å². The van der Waals surface area contributed by atoms with Gasteiger partial charge in [-0.25, -0.2) is 4.98 Å². The molecular weight excluding hydrogens is 244 g/mol. The molecule has 1 atom stereocenters. The van der Waals surface area contributed by atoms with Crippen molar-refractivity contribution >= 4 is 11.6 Å². The van der Waals surface area contributed by atoms with Crippen LogP contribution in [-0.2, 0) is 9.53 Å². The van der Waals surface area contributed by atoms with Crippen LogP contribution in [0.3, 0.4) is 0 Å². The predicted octanol–water partition coefficient (Wildman–Crippen LogP) is 2.62. The van der Waals surface area contributed by atoms with Gasteiger partial charge in [-0.05, 0) is 26.3 Å². The molecule has 0 aliphatic rings. The number of carbonyl (C=O) groups is 1. The molecule has 19 heavy (non-hydrogen) atoms. The molecule has 1 amide bonds. The van der Waals surface area contributed by atoms with Crippen molar-refractivity contribution in [2.45, 2.75) is 39.2 Å². The average Bonchev–Trinajstić information content (AvgIpc) is 2.40. The number of ether oxygens (including phenoxy) is 2. The minimum atomic E-state index is -0.802. The van der Waals surface area contributed by atoms with Gasteiger partial charge in [0.25, 0.3) is 5.91 Å². The van der Waals surface area contributed by atoms with E-state index in [2.05, 4.69) is 10.3 Å². The summed E-state index contributed by atoms with van der Waals surface area (Å²) in [5.74, 6) is 0.363. The second kappa shape index (κ2) is 7.09. The van der Waals surface area contributed by atoms with Crippen molar-refractivity contribution in [2.24, 2.45) is 0 Å². The van der Waals surface area contributed by atoms with Gasteiger partial charge in [-0.15, -0.1) is 0 Å². The summed E-state index contributed by atoms with van der Waals surface area (Å²) in [4.78, 5) is 16.3. The number of pyridine rings is 1. The van der Waals surface area contributed by atoms with Gasteiger partial charge in [-0.2, -0.15) is 0 Å². The first-order valence-electron chi connectivity index (χ1n) is 6.51. The fraction of sp³-hybridized carbons (Fsp3) is 0.571. The van der Waals surface area contributed by atoms with Crippen molar-refractivity contribution in [1.29, 1.82) is 0 Å². The van der Waals surface area contributed by atoms with Crippen LogP contribution in [0.1, 0.15) is 33.6 Å². The molecule has 0 spiro atoms. The van der Waals surface area contributed by atoms with E-state index < -0.39 is 5.60 Å². The Kier molecular flexibility index (Phi) is 5.76. The number of amides is 1. The Balaban J connectivity index is 2.74. The highest BCUT2D eigenvalue weighted by atomic mass is 16.5. The molecular formula is C14H22N2O3. The summed E-state index contributed by atoms with van der Waals surface area (Å²) >= 11 is 0. The molecule has 0 bridgehead atoms. The highest BCUT2D eigenvalue weighted by Gasteiger charge is 2.32. The van der Waals surface area contributed by atoms with Crippen molar-refractivity contribution < 1.29 is 14.3 Å². The minimum Gasteiger partial charge on any atom is -0.481 e. The summed E-state index contributed by atoms with van der Waals surface area (Å²) < 4.78 is 10.6. The predicted molar refractivity (Wildman–Crippen MR) is 74.4 cm³/mol. The van der Waals surface area contributed by atoms with Gasteiger partial charge in [0, 0.05) is 12.7 Å². The van der Waals surface area contributed by atoms with Crippen LogP contribution in [0.4, 0.5) is 5.69 Å². The quantitative estimate of drug-likeness (QED) is 0.824. The number of aromatic nitrogens is 1. The number of anilines is 1. The van der Waals surface area contributed by atoms with Crippen molar-refractivity contribution in [3.63, 3.8) is 0 Å². The number of methoxy groups -OCH3 is 1. The number of nitrogens with one attached hydrogen (secondary N) is 1. The fourth-order valence-corrected chi connectivity index (χ4v) is 1.89. The number of carbonyl (C=O) groups excluding carboxylic acids is 1. The van der Waals surface area contributed by atoms with Gasteiger partial charge < -0.3 is 14.8 Å². The van der Waals surface area contributed by atoms with Gasteiger partial charge in [0.1, 0.15) is 5.60 Å². The number of hydrogen-bond donors (Lipinski definition) is 1. The molecule has 0 fully saturated rings. The maximum absolute atomic E-state index is 12.3. The first kappa shape index (κ1) is 15.4. The molecule has 0 aliphatic carbocycles. The standard InChI is InChI=1S/C14H22N2O3/c1-5-9-14(3,19-6-2)13(17)16-11-7-8-12(18-4)15-10-11/h7-8,10H,5-6,9H2,1-4H3,(H,16,17)/t14-/m1/s1. The van der Waals surface area contributed by atoms with Gasteiger partial charge in [0.05, 0.1) is 19.0 Å². The van der Waals surface area contributed by atoms with E-state index in [4.69, 9.17) is 9.47 Å². The van der Waals surface area contributed by atoms with Gasteiger partial charge in [-0.3, -0.25) is 4.79 Å². The Labute approximate surface area is 114 Å². The Hall–Kier alpha value is -1.62. The molecule has 0 unspecified atom stereocenters. The van der Waals surface area contributed by atoms with E-state index in [0.29, 0.717) is 24.6 Å². The van der Waals surface area contributed by atoms with Crippen LogP contribution in [0.2, 0.25) is 0 Å². The Morgan fingerprint density at radius 1 is 1.42 bits per heavy atom. The zero-order chi connectivity index (χ0) is 14.3. The smallest absolute Gasteiger partial charge is 0.256 e. The molecule has 0 radical (unpaired) electrons. The molecule has 0 aliphatic heterocycles. The lowest BCUT2D eigenvalue weighted by Crippen LogP contribution is -2.42. The molecule has 1 aromatic heterocycles. The zero-order valence-corrected chi connectivity index (χ0v) is 12.0. The SMILES string of the molecule is CCC[C@@](C)(OCC)C(=O)Nc1ccc(OC)nc1. The second-order valence-electron chi connectivity index (χ2n) is 4.46. The van der Waals surface area contributed by atoms with Crippen LogP contribution >= 0.6 is 0 Å². The number of hydrogen-bond acceptors (Lipinski definition) is 4. The number of nitrogens with zero attached hydrogens (tertiary/aromatic N) is 1. The van der Waals surface area contributed by atoms with Gasteiger partial charge in [0.2, 0.25) is 5.88 Å². The van der Waals surface area contributed by atoms with Crippen molar-refractivity contribution in [2.75, 3.05) is 19.0 Å². The van der Waals surface area contributed by atoms with E-state index in [-0.39, 0.29) is 5.91 Å². The molecule has 1 rings (SSSR count). The zero-order valence-electron chi connectivity index (χ0n) is 12.0. The molecule has 106 valence electrons. The average molecular weight is 266 g/mol. The third kappa shape index (κ3) is 4.21. The van der Waals surface area contributed by atoms with Crippen molar-refractivity contribution in [3.05, 3.63) is 18.3 Å². The van der Waals surface area contributed by atoms with E-state index in [1.807, 2.05) is 20.8 Å². The maximum atomic E-state index is 12.3.